The minimum absolute atomic E-state index is 0.168. The van der Waals surface area contributed by atoms with Crippen LogP contribution < -0.4 is 4.74 Å². The standard InChI is InChI=1S/C31H32O2S.C4H10/c1-30(2,3)22-10-18-28(19-11-22)34-29-20-16-27(17-21-29)33-26-14-8-24(9-15-26)31(4,5)23-6-12-25(32)13-7-23;1-4(2)3/h6-21,32H,1-5H3;4H,1-3H3. The SMILES string of the molecule is CC(C)(C)c1ccc(Sc2ccc(Oc3ccc(C(C)(C)c4ccc(O)cc4)cc3)cc2)cc1.CC(C)C. The van der Waals surface area contributed by atoms with Crippen LogP contribution in [0.1, 0.15) is 72.1 Å². The number of phenols is 1. The molecule has 0 bridgehead atoms. The molecule has 0 saturated heterocycles. The van der Waals surface area contributed by atoms with E-state index in [9.17, 15) is 5.11 Å². The summed E-state index contributed by atoms with van der Waals surface area (Å²) in [4.78, 5) is 2.41. The van der Waals surface area contributed by atoms with Crippen molar-refractivity contribution in [2.75, 3.05) is 0 Å². The van der Waals surface area contributed by atoms with Crippen LogP contribution in [0.2, 0.25) is 0 Å². The molecule has 38 heavy (non-hydrogen) atoms. The van der Waals surface area contributed by atoms with E-state index in [2.05, 4.69) is 104 Å². The largest absolute Gasteiger partial charge is 0.508 e. The summed E-state index contributed by atoms with van der Waals surface area (Å²) < 4.78 is 6.08. The molecule has 1 N–H and O–H groups in total. The van der Waals surface area contributed by atoms with Gasteiger partial charge in [0.2, 0.25) is 0 Å². The van der Waals surface area contributed by atoms with E-state index < -0.39 is 0 Å². The maximum Gasteiger partial charge on any atom is 0.127 e. The van der Waals surface area contributed by atoms with Crippen molar-refractivity contribution in [2.24, 2.45) is 5.92 Å². The first kappa shape index (κ1) is 29.4. The fourth-order valence-corrected chi connectivity index (χ4v) is 4.67. The lowest BCUT2D eigenvalue weighted by Crippen LogP contribution is -2.18. The van der Waals surface area contributed by atoms with Crippen LogP contribution in [-0.4, -0.2) is 5.11 Å². The van der Waals surface area contributed by atoms with Gasteiger partial charge in [0.1, 0.15) is 17.2 Å². The number of rotatable bonds is 6. The van der Waals surface area contributed by atoms with Crippen LogP contribution in [0, 0.1) is 5.92 Å². The van der Waals surface area contributed by atoms with Gasteiger partial charge in [-0.25, -0.2) is 0 Å². The van der Waals surface area contributed by atoms with Crippen LogP contribution in [0.15, 0.2) is 107 Å². The van der Waals surface area contributed by atoms with Crippen molar-refractivity contribution >= 4 is 11.8 Å². The number of ether oxygens (including phenoxy) is 1. The summed E-state index contributed by atoms with van der Waals surface area (Å²) in [7, 11) is 0. The Labute approximate surface area is 234 Å². The van der Waals surface area contributed by atoms with Gasteiger partial charge in [-0.05, 0) is 88.7 Å². The first-order valence-corrected chi connectivity index (χ1v) is 14.1. The highest BCUT2D eigenvalue weighted by molar-refractivity contribution is 7.99. The fourth-order valence-electron chi connectivity index (χ4n) is 3.86. The molecule has 2 nitrogen and oxygen atoms in total. The Hall–Kier alpha value is -3.17. The average molecular weight is 527 g/mol. The molecule has 0 amide bonds. The summed E-state index contributed by atoms with van der Waals surface area (Å²) in [5, 5.41) is 9.58. The first-order chi connectivity index (χ1) is 17.8. The summed E-state index contributed by atoms with van der Waals surface area (Å²) in [6.45, 7) is 17.6. The molecular formula is C35H42O2S. The van der Waals surface area contributed by atoms with Crippen LogP contribution in [0.25, 0.3) is 0 Å². The Bertz CT molecular complexity index is 1260. The zero-order chi connectivity index (χ0) is 27.9. The molecule has 0 saturated carbocycles. The summed E-state index contributed by atoms with van der Waals surface area (Å²) >= 11 is 1.75. The molecule has 3 heteroatoms. The van der Waals surface area contributed by atoms with Crippen molar-refractivity contribution in [1.82, 2.24) is 0 Å². The van der Waals surface area contributed by atoms with E-state index in [-0.39, 0.29) is 16.6 Å². The molecule has 0 aliphatic rings. The van der Waals surface area contributed by atoms with Gasteiger partial charge < -0.3 is 9.84 Å². The van der Waals surface area contributed by atoms with Gasteiger partial charge in [0.05, 0.1) is 0 Å². The molecule has 0 fully saturated rings. The van der Waals surface area contributed by atoms with Crippen molar-refractivity contribution in [2.45, 2.75) is 76.0 Å². The van der Waals surface area contributed by atoms with Gasteiger partial charge in [0.15, 0.2) is 0 Å². The van der Waals surface area contributed by atoms with Crippen LogP contribution in [0.5, 0.6) is 17.2 Å². The van der Waals surface area contributed by atoms with Crippen LogP contribution in [0.4, 0.5) is 0 Å². The molecule has 0 aromatic heterocycles. The maximum atomic E-state index is 9.58. The van der Waals surface area contributed by atoms with E-state index in [1.54, 1.807) is 23.9 Å². The van der Waals surface area contributed by atoms with Crippen LogP contribution >= 0.6 is 11.8 Å². The van der Waals surface area contributed by atoms with Crippen molar-refractivity contribution in [3.05, 3.63) is 114 Å². The molecule has 0 unspecified atom stereocenters. The number of aromatic hydroxyl groups is 1. The minimum Gasteiger partial charge on any atom is -0.508 e. The highest BCUT2D eigenvalue weighted by atomic mass is 32.2. The molecule has 0 atom stereocenters. The Morgan fingerprint density at radius 2 is 0.895 bits per heavy atom. The lowest BCUT2D eigenvalue weighted by molar-refractivity contribution is 0.474. The lowest BCUT2D eigenvalue weighted by atomic mass is 9.78. The Morgan fingerprint density at radius 1 is 0.553 bits per heavy atom. The molecule has 0 aliphatic carbocycles. The fraction of sp³-hybridized carbons (Fsp3) is 0.314. The van der Waals surface area contributed by atoms with E-state index in [0.717, 1.165) is 23.0 Å². The van der Waals surface area contributed by atoms with Gasteiger partial charge in [0, 0.05) is 15.2 Å². The third-order valence-electron chi connectivity index (χ3n) is 6.18. The second-order valence-corrected chi connectivity index (χ2v) is 13.0. The molecule has 0 spiro atoms. The van der Waals surface area contributed by atoms with Crippen molar-refractivity contribution < 1.29 is 9.84 Å². The quantitative estimate of drug-likeness (QED) is 0.271. The maximum absolute atomic E-state index is 9.58. The Morgan fingerprint density at radius 3 is 1.32 bits per heavy atom. The lowest BCUT2D eigenvalue weighted by Gasteiger charge is -2.26. The van der Waals surface area contributed by atoms with Gasteiger partial charge in [-0.15, -0.1) is 0 Å². The zero-order valence-electron chi connectivity index (χ0n) is 24.1. The Kier molecular flexibility index (Phi) is 9.73. The number of phenolic OH excluding ortho intramolecular Hbond substituents is 1. The van der Waals surface area contributed by atoms with E-state index >= 15 is 0 Å². The predicted octanol–water partition coefficient (Wildman–Crippen LogP) is 10.6. The molecule has 0 aliphatic heterocycles. The van der Waals surface area contributed by atoms with Gasteiger partial charge in [-0.3, -0.25) is 0 Å². The third-order valence-corrected chi connectivity index (χ3v) is 7.20. The average Bonchev–Trinajstić information content (AvgIpc) is 2.85. The molecule has 4 aromatic carbocycles. The van der Waals surface area contributed by atoms with Crippen LogP contribution in [0.3, 0.4) is 0 Å². The van der Waals surface area contributed by atoms with Crippen LogP contribution in [-0.2, 0) is 10.8 Å². The topological polar surface area (TPSA) is 29.5 Å². The van der Waals surface area contributed by atoms with E-state index in [1.807, 2.05) is 36.4 Å². The Balaban J connectivity index is 0.000000934. The van der Waals surface area contributed by atoms with Gasteiger partial charge >= 0.3 is 0 Å². The summed E-state index contributed by atoms with van der Waals surface area (Å²) in [5.41, 5.74) is 3.69. The normalized spacial score (nSPS) is 11.6. The summed E-state index contributed by atoms with van der Waals surface area (Å²) in [6, 6.07) is 32.7. The van der Waals surface area contributed by atoms with Gasteiger partial charge in [0.25, 0.3) is 0 Å². The molecule has 4 aromatic rings. The first-order valence-electron chi connectivity index (χ1n) is 13.3. The number of benzene rings is 4. The van der Waals surface area contributed by atoms with E-state index in [0.29, 0.717) is 0 Å². The molecule has 200 valence electrons. The number of hydrogen-bond acceptors (Lipinski definition) is 3. The second-order valence-electron chi connectivity index (χ2n) is 11.9. The third kappa shape index (κ3) is 8.43. The highest BCUT2D eigenvalue weighted by Gasteiger charge is 2.23. The van der Waals surface area contributed by atoms with Crippen molar-refractivity contribution in [3.63, 3.8) is 0 Å². The second kappa shape index (κ2) is 12.6. The highest BCUT2D eigenvalue weighted by Crippen LogP contribution is 2.35. The molecule has 4 rings (SSSR count). The van der Waals surface area contributed by atoms with E-state index in [1.165, 1.54) is 20.9 Å². The summed E-state index contributed by atoms with van der Waals surface area (Å²) in [6.07, 6.45) is 0. The molecule has 0 radical (unpaired) electrons. The molecule has 0 heterocycles. The number of hydrogen-bond donors (Lipinski definition) is 1. The van der Waals surface area contributed by atoms with E-state index in [4.69, 9.17) is 4.74 Å². The predicted molar refractivity (Wildman–Crippen MR) is 163 cm³/mol. The van der Waals surface area contributed by atoms with Gasteiger partial charge in [-0.1, -0.05) is 104 Å². The molecular weight excluding hydrogens is 484 g/mol. The monoisotopic (exact) mass is 526 g/mol. The van der Waals surface area contributed by atoms with Gasteiger partial charge in [-0.2, -0.15) is 0 Å². The smallest absolute Gasteiger partial charge is 0.127 e. The summed E-state index contributed by atoms with van der Waals surface area (Å²) in [5.74, 6) is 2.74. The van der Waals surface area contributed by atoms with Crippen molar-refractivity contribution in [3.8, 4) is 17.2 Å². The minimum atomic E-state index is -0.170. The van der Waals surface area contributed by atoms with Crippen molar-refractivity contribution in [1.29, 1.82) is 0 Å². The zero-order valence-corrected chi connectivity index (χ0v) is 24.9.